The number of rotatable bonds is 7. The highest BCUT2D eigenvalue weighted by molar-refractivity contribution is 14.0. The van der Waals surface area contributed by atoms with E-state index in [2.05, 4.69) is 41.6 Å². The molecule has 1 aromatic rings. The highest BCUT2D eigenvalue weighted by Crippen LogP contribution is 2.45. The molecule has 1 saturated carbocycles. The number of aliphatic imine (C=N–C) groups is 1. The highest BCUT2D eigenvalue weighted by atomic mass is 127. The number of nitrogens with zero attached hydrogens (tertiary/aromatic N) is 2. The molecule has 3 N–H and O–H groups in total. The molecule has 2 aliphatic rings. The van der Waals surface area contributed by atoms with Gasteiger partial charge in [-0.1, -0.05) is 23.7 Å². The smallest absolute Gasteiger partial charge is 0.191 e. The van der Waals surface area contributed by atoms with Crippen LogP contribution in [0.4, 0.5) is 0 Å². The van der Waals surface area contributed by atoms with Gasteiger partial charge in [0.25, 0.3) is 0 Å². The molecule has 0 amide bonds. The summed E-state index contributed by atoms with van der Waals surface area (Å²) < 4.78 is 0. The van der Waals surface area contributed by atoms with Gasteiger partial charge in [-0.3, -0.25) is 9.89 Å². The standard InChI is InChI=1S/C21H33ClN4O.HI/c1-3-23-20(25-14-21(15-27)9-10-21)24-13-17-7-5-11-26(2)19(17)16-6-4-8-18(22)12-16;/h4,6,8,12,17,19,27H,3,5,7,9-11,13-15H2,1-2H3,(H2,23,24,25);1H. The van der Waals surface area contributed by atoms with Crippen LogP contribution in [0.5, 0.6) is 0 Å². The number of aliphatic hydroxyl groups excluding tert-OH is 1. The predicted octanol–water partition coefficient (Wildman–Crippen LogP) is 3.67. The van der Waals surface area contributed by atoms with E-state index >= 15 is 0 Å². The summed E-state index contributed by atoms with van der Waals surface area (Å²) in [6.07, 6.45) is 4.56. The Kier molecular flexibility index (Phi) is 9.31. The zero-order chi connectivity index (χ0) is 19.3. The first-order chi connectivity index (χ1) is 13.1. The molecule has 3 rings (SSSR count). The SMILES string of the molecule is CCNC(=NCC1(CO)CC1)NCC1CCCN(C)C1c1cccc(Cl)c1.I. The summed E-state index contributed by atoms with van der Waals surface area (Å²) >= 11 is 6.25. The van der Waals surface area contributed by atoms with Gasteiger partial charge >= 0.3 is 0 Å². The average molecular weight is 521 g/mol. The number of guanidine groups is 1. The van der Waals surface area contributed by atoms with Gasteiger partial charge in [-0.05, 0) is 69.8 Å². The van der Waals surface area contributed by atoms with Crippen molar-refractivity contribution in [2.45, 2.75) is 38.6 Å². The van der Waals surface area contributed by atoms with Crippen LogP contribution >= 0.6 is 35.6 Å². The van der Waals surface area contributed by atoms with Crippen LogP contribution < -0.4 is 10.6 Å². The van der Waals surface area contributed by atoms with E-state index in [1.165, 1.54) is 18.4 Å². The molecule has 2 atom stereocenters. The Bertz CT molecular complexity index is 653. The number of aliphatic hydroxyl groups is 1. The van der Waals surface area contributed by atoms with Crippen molar-refractivity contribution in [1.29, 1.82) is 0 Å². The Balaban J connectivity index is 0.00000280. The lowest BCUT2D eigenvalue weighted by Gasteiger charge is -2.40. The molecule has 0 bridgehead atoms. The number of hydrogen-bond donors (Lipinski definition) is 3. The van der Waals surface area contributed by atoms with Gasteiger partial charge in [-0.2, -0.15) is 0 Å². The Morgan fingerprint density at radius 3 is 2.79 bits per heavy atom. The van der Waals surface area contributed by atoms with E-state index in [4.69, 9.17) is 16.6 Å². The fourth-order valence-electron chi connectivity index (χ4n) is 4.05. The van der Waals surface area contributed by atoms with Crippen LogP contribution in [0.1, 0.15) is 44.2 Å². The molecule has 0 aromatic heterocycles. The first-order valence-corrected chi connectivity index (χ1v) is 10.5. The fourth-order valence-corrected chi connectivity index (χ4v) is 4.25. The van der Waals surface area contributed by atoms with Crippen molar-refractivity contribution in [3.05, 3.63) is 34.9 Å². The van der Waals surface area contributed by atoms with Crippen LogP contribution in [0.3, 0.4) is 0 Å². The molecule has 1 saturated heterocycles. The fraction of sp³-hybridized carbons (Fsp3) is 0.667. The molecule has 1 aliphatic carbocycles. The molecule has 0 radical (unpaired) electrons. The number of piperidine rings is 1. The van der Waals surface area contributed by atoms with E-state index in [0.717, 1.165) is 43.5 Å². The quantitative estimate of drug-likeness (QED) is 0.292. The van der Waals surface area contributed by atoms with Gasteiger partial charge in [-0.15, -0.1) is 24.0 Å². The van der Waals surface area contributed by atoms with Crippen LogP contribution in [0, 0.1) is 11.3 Å². The van der Waals surface area contributed by atoms with Crippen molar-refractivity contribution in [2.24, 2.45) is 16.3 Å². The van der Waals surface area contributed by atoms with Crippen molar-refractivity contribution in [3.63, 3.8) is 0 Å². The molecule has 7 heteroatoms. The zero-order valence-corrected chi connectivity index (χ0v) is 20.0. The molecule has 5 nitrogen and oxygen atoms in total. The molecule has 1 aliphatic heterocycles. The van der Waals surface area contributed by atoms with Gasteiger partial charge in [0, 0.05) is 29.6 Å². The van der Waals surface area contributed by atoms with E-state index in [-0.39, 0.29) is 36.0 Å². The number of likely N-dealkylation sites (tertiary alicyclic amines) is 1. The van der Waals surface area contributed by atoms with Crippen LogP contribution in [0.15, 0.2) is 29.3 Å². The highest BCUT2D eigenvalue weighted by Gasteiger charge is 2.41. The van der Waals surface area contributed by atoms with Gasteiger partial charge in [0.2, 0.25) is 0 Å². The third-order valence-electron chi connectivity index (χ3n) is 5.94. The Hall–Kier alpha value is -0.570. The number of benzene rings is 1. The van der Waals surface area contributed by atoms with E-state index in [9.17, 15) is 5.11 Å². The van der Waals surface area contributed by atoms with E-state index in [1.807, 2.05) is 12.1 Å². The third kappa shape index (κ3) is 6.21. The number of halogens is 2. The van der Waals surface area contributed by atoms with Gasteiger partial charge in [0.05, 0.1) is 13.2 Å². The maximum atomic E-state index is 9.52. The molecule has 1 heterocycles. The van der Waals surface area contributed by atoms with Crippen molar-refractivity contribution in [3.8, 4) is 0 Å². The number of nitrogens with one attached hydrogen (secondary N) is 2. The lowest BCUT2D eigenvalue weighted by Crippen LogP contribution is -2.45. The summed E-state index contributed by atoms with van der Waals surface area (Å²) in [5.74, 6) is 1.36. The molecule has 2 unspecified atom stereocenters. The molecule has 158 valence electrons. The molecular weight excluding hydrogens is 487 g/mol. The van der Waals surface area contributed by atoms with Crippen LogP contribution in [0.25, 0.3) is 0 Å². The van der Waals surface area contributed by atoms with E-state index < -0.39 is 0 Å². The van der Waals surface area contributed by atoms with Crippen molar-refractivity contribution >= 4 is 41.5 Å². The third-order valence-corrected chi connectivity index (χ3v) is 6.17. The van der Waals surface area contributed by atoms with Crippen molar-refractivity contribution < 1.29 is 5.11 Å². The minimum Gasteiger partial charge on any atom is -0.396 e. The van der Waals surface area contributed by atoms with Gasteiger partial charge in [0.1, 0.15) is 0 Å². The molecule has 0 spiro atoms. The second kappa shape index (κ2) is 11.0. The van der Waals surface area contributed by atoms with Gasteiger partial charge < -0.3 is 15.7 Å². The van der Waals surface area contributed by atoms with Crippen LogP contribution in [-0.2, 0) is 0 Å². The minimum atomic E-state index is 0. The maximum absolute atomic E-state index is 9.52. The first-order valence-electron chi connectivity index (χ1n) is 10.2. The summed E-state index contributed by atoms with van der Waals surface area (Å²) in [5.41, 5.74) is 1.33. The largest absolute Gasteiger partial charge is 0.396 e. The molecule has 2 fully saturated rings. The summed E-state index contributed by atoms with van der Waals surface area (Å²) in [7, 11) is 2.20. The van der Waals surface area contributed by atoms with Gasteiger partial charge in [-0.25, -0.2) is 0 Å². The second-order valence-corrected chi connectivity index (χ2v) is 8.55. The molecule has 1 aromatic carbocycles. The van der Waals surface area contributed by atoms with Crippen LogP contribution in [-0.4, -0.2) is 55.8 Å². The van der Waals surface area contributed by atoms with Crippen molar-refractivity contribution in [2.75, 3.05) is 39.8 Å². The minimum absolute atomic E-state index is 0. The van der Waals surface area contributed by atoms with Gasteiger partial charge in [0.15, 0.2) is 5.96 Å². The summed E-state index contributed by atoms with van der Waals surface area (Å²) in [6, 6.07) is 8.62. The molecular formula is C21H34ClIN4O. The monoisotopic (exact) mass is 520 g/mol. The Labute approximate surface area is 191 Å². The zero-order valence-electron chi connectivity index (χ0n) is 17.0. The van der Waals surface area contributed by atoms with Crippen LogP contribution in [0.2, 0.25) is 5.02 Å². The maximum Gasteiger partial charge on any atom is 0.191 e. The normalized spacial score (nSPS) is 24.4. The average Bonchev–Trinajstić information content (AvgIpc) is 3.44. The van der Waals surface area contributed by atoms with Crippen molar-refractivity contribution in [1.82, 2.24) is 15.5 Å². The summed E-state index contributed by atoms with van der Waals surface area (Å²) in [4.78, 5) is 7.17. The first kappa shape index (κ1) is 23.7. The molecule has 28 heavy (non-hydrogen) atoms. The predicted molar refractivity (Wildman–Crippen MR) is 128 cm³/mol. The Morgan fingerprint density at radius 2 is 2.14 bits per heavy atom. The Morgan fingerprint density at radius 1 is 1.36 bits per heavy atom. The lowest BCUT2D eigenvalue weighted by molar-refractivity contribution is 0.122. The topological polar surface area (TPSA) is 59.9 Å². The van der Waals surface area contributed by atoms with E-state index in [0.29, 0.717) is 18.5 Å². The van der Waals surface area contributed by atoms with E-state index in [1.54, 1.807) is 0 Å². The second-order valence-electron chi connectivity index (χ2n) is 8.12. The lowest BCUT2D eigenvalue weighted by atomic mass is 9.85. The number of hydrogen-bond acceptors (Lipinski definition) is 3. The summed E-state index contributed by atoms with van der Waals surface area (Å²) in [5, 5.41) is 17.2. The summed E-state index contributed by atoms with van der Waals surface area (Å²) in [6.45, 7) is 5.83.